The molecule has 15 heavy (non-hydrogen) atoms. The van der Waals surface area contributed by atoms with Gasteiger partial charge in [0.2, 0.25) is 5.95 Å². The van der Waals surface area contributed by atoms with Gasteiger partial charge in [-0.15, -0.1) is 6.42 Å². The van der Waals surface area contributed by atoms with Crippen LogP contribution < -0.4 is 5.32 Å². The summed E-state index contributed by atoms with van der Waals surface area (Å²) in [7, 11) is 0. The summed E-state index contributed by atoms with van der Waals surface area (Å²) in [5.41, 5.74) is 0.891. The van der Waals surface area contributed by atoms with Gasteiger partial charge in [-0.1, -0.05) is 29.2 Å². The monoisotopic (exact) mass is 199 g/mol. The standard InChI is InChI=1S/C10H9N5/c1-2-8-11-10-12-13-14-15(10)9-6-4-3-5-7-9/h1,3-7H,8H2,(H,11,12,14). The highest BCUT2D eigenvalue weighted by molar-refractivity contribution is 5.38. The highest BCUT2D eigenvalue weighted by Gasteiger charge is 2.05. The van der Waals surface area contributed by atoms with E-state index in [1.54, 1.807) is 4.68 Å². The van der Waals surface area contributed by atoms with Gasteiger partial charge in [0.1, 0.15) is 0 Å². The number of nitrogens with one attached hydrogen (secondary N) is 1. The van der Waals surface area contributed by atoms with E-state index >= 15 is 0 Å². The van der Waals surface area contributed by atoms with E-state index in [1.807, 2.05) is 30.3 Å². The Balaban J connectivity index is 2.30. The summed E-state index contributed by atoms with van der Waals surface area (Å²) in [6.45, 7) is 0.396. The molecule has 0 aliphatic heterocycles. The van der Waals surface area contributed by atoms with E-state index in [2.05, 4.69) is 26.8 Å². The Kier molecular flexibility index (Phi) is 2.61. The predicted octanol–water partition coefficient (Wildman–Crippen LogP) is 0.707. The summed E-state index contributed by atoms with van der Waals surface area (Å²) in [6.07, 6.45) is 5.14. The first-order valence-electron chi connectivity index (χ1n) is 4.43. The molecule has 0 saturated heterocycles. The van der Waals surface area contributed by atoms with Crippen molar-refractivity contribution in [2.45, 2.75) is 0 Å². The number of terminal acetylenes is 1. The molecule has 2 aromatic rings. The molecule has 1 aromatic carbocycles. The molecule has 74 valence electrons. The van der Waals surface area contributed by atoms with Crippen molar-refractivity contribution in [2.24, 2.45) is 0 Å². The van der Waals surface area contributed by atoms with Crippen LogP contribution >= 0.6 is 0 Å². The molecule has 1 heterocycles. The lowest BCUT2D eigenvalue weighted by Gasteiger charge is -2.03. The average Bonchev–Trinajstić information content (AvgIpc) is 2.75. The minimum Gasteiger partial charge on any atom is -0.342 e. The van der Waals surface area contributed by atoms with Crippen LogP contribution in [0.5, 0.6) is 0 Å². The molecular weight excluding hydrogens is 190 g/mol. The van der Waals surface area contributed by atoms with Gasteiger partial charge in [0.15, 0.2) is 0 Å². The second-order valence-electron chi connectivity index (χ2n) is 2.81. The minimum absolute atomic E-state index is 0.396. The van der Waals surface area contributed by atoms with Gasteiger partial charge in [0.25, 0.3) is 0 Å². The first-order valence-corrected chi connectivity index (χ1v) is 4.43. The van der Waals surface area contributed by atoms with E-state index in [9.17, 15) is 0 Å². The van der Waals surface area contributed by atoms with Crippen molar-refractivity contribution in [1.82, 2.24) is 20.2 Å². The molecule has 0 unspecified atom stereocenters. The normalized spacial score (nSPS) is 9.53. The lowest BCUT2D eigenvalue weighted by molar-refractivity contribution is 0.790. The zero-order valence-electron chi connectivity index (χ0n) is 7.96. The smallest absolute Gasteiger partial charge is 0.248 e. The van der Waals surface area contributed by atoms with Crippen LogP contribution in [-0.2, 0) is 0 Å². The largest absolute Gasteiger partial charge is 0.342 e. The molecule has 5 heteroatoms. The number of hydrogen-bond donors (Lipinski definition) is 1. The van der Waals surface area contributed by atoms with Gasteiger partial charge in [-0.05, 0) is 22.6 Å². The third-order valence-electron chi connectivity index (χ3n) is 1.82. The van der Waals surface area contributed by atoms with Crippen LogP contribution in [0.1, 0.15) is 0 Å². The predicted molar refractivity (Wildman–Crippen MR) is 56.5 cm³/mol. The van der Waals surface area contributed by atoms with Gasteiger partial charge >= 0.3 is 0 Å². The van der Waals surface area contributed by atoms with E-state index < -0.39 is 0 Å². The summed E-state index contributed by atoms with van der Waals surface area (Å²) in [5, 5.41) is 14.2. The van der Waals surface area contributed by atoms with Crippen molar-refractivity contribution in [3.63, 3.8) is 0 Å². The van der Waals surface area contributed by atoms with Crippen molar-refractivity contribution < 1.29 is 0 Å². The van der Waals surface area contributed by atoms with E-state index in [4.69, 9.17) is 6.42 Å². The maximum atomic E-state index is 5.14. The van der Waals surface area contributed by atoms with Gasteiger partial charge in [-0.25, -0.2) is 0 Å². The highest BCUT2D eigenvalue weighted by atomic mass is 15.6. The molecule has 0 saturated carbocycles. The van der Waals surface area contributed by atoms with Gasteiger partial charge in [-0.2, -0.15) is 4.68 Å². The SMILES string of the molecule is C#CCNc1nnnn1-c1ccccc1. The molecule has 0 fully saturated rings. The molecule has 0 atom stereocenters. The molecule has 2 rings (SSSR count). The van der Waals surface area contributed by atoms with E-state index in [1.165, 1.54) is 0 Å². The fourth-order valence-corrected chi connectivity index (χ4v) is 1.17. The van der Waals surface area contributed by atoms with Crippen LogP contribution in [-0.4, -0.2) is 26.8 Å². The third-order valence-corrected chi connectivity index (χ3v) is 1.82. The zero-order valence-corrected chi connectivity index (χ0v) is 7.96. The van der Waals surface area contributed by atoms with Crippen molar-refractivity contribution in [2.75, 3.05) is 11.9 Å². The molecule has 0 spiro atoms. The van der Waals surface area contributed by atoms with Crippen LogP contribution in [0, 0.1) is 12.3 Å². The second-order valence-corrected chi connectivity index (χ2v) is 2.81. The highest BCUT2D eigenvalue weighted by Crippen LogP contribution is 2.09. The molecule has 1 aromatic heterocycles. The van der Waals surface area contributed by atoms with Crippen molar-refractivity contribution >= 4 is 5.95 Å². The quantitative estimate of drug-likeness (QED) is 0.739. The fourth-order valence-electron chi connectivity index (χ4n) is 1.17. The molecule has 0 aliphatic rings. The number of aromatic nitrogens is 4. The molecule has 0 amide bonds. The molecule has 0 bridgehead atoms. The second kappa shape index (κ2) is 4.24. The Morgan fingerprint density at radius 1 is 1.33 bits per heavy atom. The summed E-state index contributed by atoms with van der Waals surface area (Å²) in [4.78, 5) is 0. The van der Waals surface area contributed by atoms with Gasteiger partial charge in [-0.3, -0.25) is 0 Å². The lowest BCUT2D eigenvalue weighted by Crippen LogP contribution is -2.07. The number of anilines is 1. The van der Waals surface area contributed by atoms with Gasteiger partial charge < -0.3 is 5.32 Å². The Hall–Kier alpha value is -2.35. The Labute approximate surface area is 87.1 Å². The molecule has 0 radical (unpaired) electrons. The van der Waals surface area contributed by atoms with Crippen LogP contribution in [0.3, 0.4) is 0 Å². The first-order chi connectivity index (χ1) is 7.42. The minimum atomic E-state index is 0.396. The molecular formula is C10H9N5. The number of rotatable bonds is 3. The molecule has 1 N–H and O–H groups in total. The maximum absolute atomic E-state index is 5.14. The van der Waals surface area contributed by atoms with Crippen molar-refractivity contribution in [3.05, 3.63) is 30.3 Å². The van der Waals surface area contributed by atoms with E-state index in [0.717, 1.165) is 5.69 Å². The zero-order chi connectivity index (χ0) is 10.5. The van der Waals surface area contributed by atoms with Crippen LogP contribution in [0.4, 0.5) is 5.95 Å². The van der Waals surface area contributed by atoms with Crippen molar-refractivity contribution in [1.29, 1.82) is 0 Å². The number of hydrogen-bond acceptors (Lipinski definition) is 4. The molecule has 0 aliphatic carbocycles. The van der Waals surface area contributed by atoms with Crippen LogP contribution in [0.15, 0.2) is 30.3 Å². The molecule has 5 nitrogen and oxygen atoms in total. The van der Waals surface area contributed by atoms with Crippen LogP contribution in [0.25, 0.3) is 5.69 Å². The summed E-state index contributed by atoms with van der Waals surface area (Å²) < 4.78 is 1.59. The number of nitrogens with zero attached hydrogens (tertiary/aromatic N) is 4. The van der Waals surface area contributed by atoms with Gasteiger partial charge in [0, 0.05) is 0 Å². The third kappa shape index (κ3) is 1.94. The van der Waals surface area contributed by atoms with Crippen LogP contribution in [0.2, 0.25) is 0 Å². The number of para-hydroxylation sites is 1. The first kappa shape index (κ1) is 9.21. The summed E-state index contributed by atoms with van der Waals surface area (Å²) >= 11 is 0. The topological polar surface area (TPSA) is 55.6 Å². The van der Waals surface area contributed by atoms with Crippen molar-refractivity contribution in [3.8, 4) is 18.0 Å². The van der Waals surface area contributed by atoms with E-state index in [0.29, 0.717) is 12.5 Å². The summed E-state index contributed by atoms with van der Waals surface area (Å²) in [5.74, 6) is 3.01. The van der Waals surface area contributed by atoms with E-state index in [-0.39, 0.29) is 0 Å². The number of benzene rings is 1. The average molecular weight is 199 g/mol. The Bertz CT molecular complexity index is 468. The Morgan fingerprint density at radius 3 is 2.87 bits per heavy atom. The maximum Gasteiger partial charge on any atom is 0.248 e. The summed E-state index contributed by atoms with van der Waals surface area (Å²) in [6, 6.07) is 9.60. The van der Waals surface area contributed by atoms with Gasteiger partial charge in [0.05, 0.1) is 12.2 Å². The lowest BCUT2D eigenvalue weighted by atomic mass is 10.3. The fraction of sp³-hybridized carbons (Fsp3) is 0.100. The number of tetrazole rings is 1. The Morgan fingerprint density at radius 2 is 2.13 bits per heavy atom.